The van der Waals surface area contributed by atoms with Crippen molar-refractivity contribution in [3.63, 3.8) is 0 Å². The summed E-state index contributed by atoms with van der Waals surface area (Å²) in [4.78, 5) is 0.272. The van der Waals surface area contributed by atoms with Gasteiger partial charge >= 0.3 is 0 Å². The molecule has 0 spiro atoms. The van der Waals surface area contributed by atoms with Crippen LogP contribution in [0.1, 0.15) is 11.1 Å². The molecule has 0 amide bonds. The van der Waals surface area contributed by atoms with E-state index in [-0.39, 0.29) is 4.90 Å². The van der Waals surface area contributed by atoms with E-state index >= 15 is 0 Å². The topological polar surface area (TPSA) is 70.0 Å². The Morgan fingerprint density at radius 2 is 1.75 bits per heavy atom. The maximum absolute atomic E-state index is 11.4. The molecule has 0 aliphatic heterocycles. The van der Waals surface area contributed by atoms with Crippen LogP contribution in [0.2, 0.25) is 0 Å². The van der Waals surface area contributed by atoms with Crippen LogP contribution >= 0.6 is 0 Å². The van der Waals surface area contributed by atoms with E-state index in [1.165, 1.54) is 6.26 Å². The Bertz CT molecular complexity index is 773. The van der Waals surface area contributed by atoms with Gasteiger partial charge in [-0.25, -0.2) is 8.42 Å². The summed E-state index contributed by atoms with van der Waals surface area (Å²) in [6, 6.07) is 14.1. The molecular formula is C15H14N2O2S. The standard InChI is InChI=1S/C15H14N2O2S/c1-11-4-3-5-12(10-16)15(11)17-13-6-8-14(9-7-13)20(2,18)19/h3-9,17H,1-2H3. The predicted molar refractivity (Wildman–Crippen MR) is 78.7 cm³/mol. The number of hydrogen-bond acceptors (Lipinski definition) is 4. The van der Waals surface area contributed by atoms with Crippen molar-refractivity contribution in [2.45, 2.75) is 11.8 Å². The molecule has 0 saturated heterocycles. The third-order valence-electron chi connectivity index (χ3n) is 2.95. The van der Waals surface area contributed by atoms with Crippen LogP contribution in [0.3, 0.4) is 0 Å². The van der Waals surface area contributed by atoms with E-state index in [0.717, 1.165) is 16.9 Å². The molecule has 0 saturated carbocycles. The first-order valence-corrected chi connectivity index (χ1v) is 7.88. The summed E-state index contributed by atoms with van der Waals surface area (Å²) in [6.07, 6.45) is 1.17. The van der Waals surface area contributed by atoms with Gasteiger partial charge in [0.1, 0.15) is 6.07 Å². The maximum Gasteiger partial charge on any atom is 0.175 e. The summed E-state index contributed by atoms with van der Waals surface area (Å²) in [7, 11) is -3.19. The second kappa shape index (κ2) is 5.35. The second-order valence-corrected chi connectivity index (χ2v) is 6.55. The zero-order valence-corrected chi connectivity index (χ0v) is 12.0. The predicted octanol–water partition coefficient (Wildman–Crippen LogP) is 3.01. The first kappa shape index (κ1) is 14.1. The Kier molecular flexibility index (Phi) is 3.77. The Labute approximate surface area is 118 Å². The lowest BCUT2D eigenvalue weighted by Gasteiger charge is -2.11. The molecule has 0 fully saturated rings. The number of nitrogens with one attached hydrogen (secondary N) is 1. The van der Waals surface area contributed by atoms with Crippen molar-refractivity contribution < 1.29 is 8.42 Å². The van der Waals surface area contributed by atoms with Gasteiger partial charge in [0.05, 0.1) is 16.1 Å². The van der Waals surface area contributed by atoms with E-state index < -0.39 is 9.84 Å². The Balaban J connectivity index is 2.35. The summed E-state index contributed by atoms with van der Waals surface area (Å²) < 4.78 is 22.8. The highest BCUT2D eigenvalue weighted by Crippen LogP contribution is 2.25. The van der Waals surface area contributed by atoms with Crippen LogP contribution in [0.4, 0.5) is 11.4 Å². The highest BCUT2D eigenvalue weighted by Gasteiger charge is 2.08. The van der Waals surface area contributed by atoms with Gasteiger partial charge in [-0.15, -0.1) is 0 Å². The molecular weight excluding hydrogens is 272 g/mol. The van der Waals surface area contributed by atoms with Gasteiger partial charge in [-0.3, -0.25) is 0 Å². The van der Waals surface area contributed by atoms with Crippen molar-refractivity contribution in [1.82, 2.24) is 0 Å². The lowest BCUT2D eigenvalue weighted by molar-refractivity contribution is 0.602. The fourth-order valence-electron chi connectivity index (χ4n) is 1.86. The van der Waals surface area contributed by atoms with E-state index in [2.05, 4.69) is 11.4 Å². The first-order valence-electron chi connectivity index (χ1n) is 5.98. The molecule has 2 aromatic rings. The summed E-state index contributed by atoms with van der Waals surface area (Å²) in [6.45, 7) is 1.91. The molecule has 2 aromatic carbocycles. The summed E-state index contributed by atoms with van der Waals surface area (Å²) in [5.74, 6) is 0. The minimum atomic E-state index is -3.19. The summed E-state index contributed by atoms with van der Waals surface area (Å²) >= 11 is 0. The molecule has 0 aliphatic rings. The van der Waals surface area contributed by atoms with Crippen molar-refractivity contribution in [3.05, 3.63) is 53.6 Å². The lowest BCUT2D eigenvalue weighted by atomic mass is 10.1. The molecule has 1 N–H and O–H groups in total. The minimum absolute atomic E-state index is 0.272. The Hall–Kier alpha value is -2.32. The average Bonchev–Trinajstić information content (AvgIpc) is 2.40. The molecule has 0 unspecified atom stereocenters. The molecule has 5 heteroatoms. The molecule has 0 atom stereocenters. The lowest BCUT2D eigenvalue weighted by Crippen LogP contribution is -1.99. The Morgan fingerprint density at radius 3 is 2.30 bits per heavy atom. The van der Waals surface area contributed by atoms with Gasteiger partial charge < -0.3 is 5.32 Å². The smallest absolute Gasteiger partial charge is 0.175 e. The SMILES string of the molecule is Cc1cccc(C#N)c1Nc1ccc(S(C)(=O)=O)cc1. The zero-order chi connectivity index (χ0) is 14.8. The van der Waals surface area contributed by atoms with Crippen molar-refractivity contribution in [3.8, 4) is 6.07 Å². The van der Waals surface area contributed by atoms with Crippen LogP contribution < -0.4 is 5.32 Å². The fraction of sp³-hybridized carbons (Fsp3) is 0.133. The number of nitriles is 1. The fourth-order valence-corrected chi connectivity index (χ4v) is 2.49. The molecule has 0 aromatic heterocycles. The summed E-state index contributed by atoms with van der Waals surface area (Å²) in [5.41, 5.74) is 2.98. The normalized spacial score (nSPS) is 10.8. The largest absolute Gasteiger partial charge is 0.354 e. The van der Waals surface area contributed by atoms with Crippen molar-refractivity contribution in [2.24, 2.45) is 0 Å². The minimum Gasteiger partial charge on any atom is -0.354 e. The molecule has 0 heterocycles. The van der Waals surface area contributed by atoms with Gasteiger partial charge in [0.15, 0.2) is 9.84 Å². The highest BCUT2D eigenvalue weighted by molar-refractivity contribution is 7.90. The van der Waals surface area contributed by atoms with Crippen molar-refractivity contribution >= 4 is 21.2 Å². The van der Waals surface area contributed by atoms with Crippen LogP contribution in [-0.2, 0) is 9.84 Å². The number of para-hydroxylation sites is 1. The quantitative estimate of drug-likeness (QED) is 0.941. The van der Waals surface area contributed by atoms with E-state index in [4.69, 9.17) is 5.26 Å². The van der Waals surface area contributed by atoms with Gasteiger partial charge in [-0.1, -0.05) is 12.1 Å². The van der Waals surface area contributed by atoms with E-state index in [1.807, 2.05) is 19.1 Å². The monoisotopic (exact) mass is 286 g/mol. The Morgan fingerprint density at radius 1 is 1.10 bits per heavy atom. The molecule has 2 rings (SSSR count). The summed E-state index contributed by atoms with van der Waals surface area (Å²) in [5, 5.41) is 12.3. The third-order valence-corrected chi connectivity index (χ3v) is 4.07. The number of anilines is 2. The molecule has 20 heavy (non-hydrogen) atoms. The van der Waals surface area contributed by atoms with Crippen LogP contribution in [0.5, 0.6) is 0 Å². The van der Waals surface area contributed by atoms with E-state index in [1.54, 1.807) is 30.3 Å². The van der Waals surface area contributed by atoms with Crippen molar-refractivity contribution in [1.29, 1.82) is 5.26 Å². The van der Waals surface area contributed by atoms with Crippen molar-refractivity contribution in [2.75, 3.05) is 11.6 Å². The average molecular weight is 286 g/mol. The number of hydrogen-bond donors (Lipinski definition) is 1. The van der Waals surface area contributed by atoms with E-state index in [0.29, 0.717) is 5.56 Å². The number of rotatable bonds is 3. The van der Waals surface area contributed by atoms with E-state index in [9.17, 15) is 8.42 Å². The van der Waals surface area contributed by atoms with Gasteiger partial charge in [0, 0.05) is 11.9 Å². The molecule has 0 bridgehead atoms. The van der Waals surface area contributed by atoms with Gasteiger partial charge in [0.25, 0.3) is 0 Å². The first-order chi connectivity index (χ1) is 9.41. The number of nitrogens with zero attached hydrogens (tertiary/aromatic N) is 1. The van der Waals surface area contributed by atoms with Gasteiger partial charge in [-0.2, -0.15) is 5.26 Å². The molecule has 0 radical (unpaired) electrons. The van der Waals surface area contributed by atoms with Gasteiger partial charge in [0.2, 0.25) is 0 Å². The van der Waals surface area contributed by atoms with Crippen LogP contribution in [0.15, 0.2) is 47.4 Å². The molecule has 102 valence electrons. The van der Waals surface area contributed by atoms with Crippen LogP contribution in [0.25, 0.3) is 0 Å². The maximum atomic E-state index is 11.4. The number of sulfone groups is 1. The number of aryl methyl sites for hydroxylation is 1. The van der Waals surface area contributed by atoms with Crippen LogP contribution in [0, 0.1) is 18.3 Å². The molecule has 0 aliphatic carbocycles. The highest BCUT2D eigenvalue weighted by atomic mass is 32.2. The second-order valence-electron chi connectivity index (χ2n) is 4.53. The third kappa shape index (κ3) is 2.98. The zero-order valence-electron chi connectivity index (χ0n) is 11.2. The number of benzene rings is 2. The van der Waals surface area contributed by atoms with Crippen LogP contribution in [-0.4, -0.2) is 14.7 Å². The van der Waals surface area contributed by atoms with Gasteiger partial charge in [-0.05, 0) is 42.8 Å². The molecule has 4 nitrogen and oxygen atoms in total.